The summed E-state index contributed by atoms with van der Waals surface area (Å²) in [5.74, 6) is -1.66. The summed E-state index contributed by atoms with van der Waals surface area (Å²) in [7, 11) is 0. The summed E-state index contributed by atoms with van der Waals surface area (Å²) < 4.78 is 47.2. The molecule has 0 atom stereocenters. The highest BCUT2D eigenvalue weighted by atomic mass is 35.5. The lowest BCUT2D eigenvalue weighted by Gasteiger charge is -2.13. The molecule has 2 aromatic rings. The summed E-state index contributed by atoms with van der Waals surface area (Å²) >= 11 is 11.7. The molecule has 0 aliphatic carbocycles. The van der Waals surface area contributed by atoms with Gasteiger partial charge in [-0.1, -0.05) is 23.2 Å². The van der Waals surface area contributed by atoms with Crippen LogP contribution in [0.4, 0.5) is 18.9 Å². The molecule has 0 radical (unpaired) electrons. The third kappa shape index (κ3) is 3.86. The van der Waals surface area contributed by atoms with E-state index in [-0.39, 0.29) is 22.2 Å². The Morgan fingerprint density at radius 1 is 1.00 bits per heavy atom. The number of anilines is 1. The third-order valence-electron chi connectivity index (χ3n) is 2.39. The summed E-state index contributed by atoms with van der Waals surface area (Å²) in [6, 6.07) is 6.14. The van der Waals surface area contributed by atoms with E-state index >= 15 is 0 Å². The van der Waals surface area contributed by atoms with Crippen molar-refractivity contribution in [1.29, 1.82) is 0 Å². The molecule has 0 spiro atoms. The topological polar surface area (TPSA) is 44.5 Å². The molecule has 0 aliphatic rings. The molecule has 0 aliphatic heterocycles. The van der Waals surface area contributed by atoms with Crippen LogP contribution in [0.25, 0.3) is 0 Å². The Kier molecular flexibility index (Phi) is 4.69. The largest absolute Gasteiger partial charge is 0.453 e. The molecular formula is C13H8Cl2F3NO2. The van der Waals surface area contributed by atoms with Gasteiger partial charge in [-0.2, -0.15) is 8.78 Å². The van der Waals surface area contributed by atoms with Crippen LogP contribution in [0.5, 0.6) is 17.2 Å². The fraction of sp³-hybridized carbons (Fsp3) is 0.0769. The predicted molar refractivity (Wildman–Crippen MR) is 74.0 cm³/mol. The molecule has 0 fully saturated rings. The first-order valence-electron chi connectivity index (χ1n) is 5.53. The lowest BCUT2D eigenvalue weighted by molar-refractivity contribution is -0.0522. The van der Waals surface area contributed by atoms with Crippen LogP contribution < -0.4 is 15.2 Å². The smallest absolute Gasteiger partial charge is 0.387 e. The van der Waals surface area contributed by atoms with E-state index in [0.29, 0.717) is 5.02 Å². The Morgan fingerprint density at radius 2 is 1.71 bits per heavy atom. The van der Waals surface area contributed by atoms with Crippen LogP contribution >= 0.6 is 23.2 Å². The van der Waals surface area contributed by atoms with Crippen LogP contribution in [0.1, 0.15) is 0 Å². The van der Waals surface area contributed by atoms with Crippen LogP contribution in [0, 0.1) is 5.82 Å². The average Bonchev–Trinajstić information content (AvgIpc) is 2.39. The highest BCUT2D eigenvalue weighted by molar-refractivity contribution is 6.34. The van der Waals surface area contributed by atoms with Gasteiger partial charge in [0, 0.05) is 23.2 Å². The minimum atomic E-state index is -3.18. The SMILES string of the molecule is Nc1cc(F)c(OC(F)F)cc1Oc1cc(Cl)ccc1Cl. The molecular weight excluding hydrogens is 330 g/mol. The van der Waals surface area contributed by atoms with E-state index in [1.54, 1.807) is 0 Å². The maximum atomic E-state index is 13.4. The molecule has 2 rings (SSSR count). The summed E-state index contributed by atoms with van der Waals surface area (Å²) in [4.78, 5) is 0. The zero-order valence-electron chi connectivity index (χ0n) is 10.2. The van der Waals surface area contributed by atoms with E-state index in [0.717, 1.165) is 12.1 Å². The van der Waals surface area contributed by atoms with Crippen LogP contribution in [0.15, 0.2) is 30.3 Å². The summed E-state index contributed by atoms with van der Waals surface area (Å²) in [6.45, 7) is -3.18. The molecule has 21 heavy (non-hydrogen) atoms. The Balaban J connectivity index is 2.37. The van der Waals surface area contributed by atoms with Crippen molar-refractivity contribution in [2.45, 2.75) is 6.61 Å². The fourth-order valence-corrected chi connectivity index (χ4v) is 1.82. The Labute approximate surface area is 128 Å². The summed E-state index contributed by atoms with van der Waals surface area (Å²) in [5.41, 5.74) is 5.47. The highest BCUT2D eigenvalue weighted by Gasteiger charge is 2.15. The molecule has 0 unspecified atom stereocenters. The number of ether oxygens (including phenoxy) is 2. The minimum absolute atomic E-state index is 0.0868. The lowest BCUT2D eigenvalue weighted by Crippen LogP contribution is -2.05. The molecule has 0 saturated heterocycles. The number of nitrogen functional groups attached to an aromatic ring is 1. The van der Waals surface area contributed by atoms with Gasteiger partial charge < -0.3 is 15.2 Å². The van der Waals surface area contributed by atoms with Gasteiger partial charge in [0.1, 0.15) is 5.75 Å². The number of benzene rings is 2. The molecule has 0 saturated carbocycles. The van der Waals surface area contributed by atoms with Crippen molar-refractivity contribution in [2.24, 2.45) is 0 Å². The quantitative estimate of drug-likeness (QED) is 0.788. The molecule has 3 nitrogen and oxygen atoms in total. The minimum Gasteiger partial charge on any atom is -0.453 e. The first-order chi connectivity index (χ1) is 9.86. The number of rotatable bonds is 4. The number of halogens is 5. The average molecular weight is 338 g/mol. The van der Waals surface area contributed by atoms with Gasteiger partial charge in [0.2, 0.25) is 0 Å². The second kappa shape index (κ2) is 6.32. The number of alkyl halides is 2. The molecule has 0 heterocycles. The van der Waals surface area contributed by atoms with Crippen molar-refractivity contribution in [3.63, 3.8) is 0 Å². The molecule has 0 amide bonds. The second-order valence-electron chi connectivity index (χ2n) is 3.88. The van der Waals surface area contributed by atoms with E-state index < -0.39 is 18.2 Å². The van der Waals surface area contributed by atoms with Crippen molar-refractivity contribution in [1.82, 2.24) is 0 Å². The van der Waals surface area contributed by atoms with Gasteiger partial charge in [0.25, 0.3) is 0 Å². The van der Waals surface area contributed by atoms with Gasteiger partial charge in [0.15, 0.2) is 17.3 Å². The standard InChI is InChI=1S/C13H8Cl2F3NO2/c14-6-1-2-7(15)10(3-6)20-12-5-11(21-13(17)18)8(16)4-9(12)19/h1-5,13H,19H2. The molecule has 8 heteroatoms. The maximum absolute atomic E-state index is 13.4. The highest BCUT2D eigenvalue weighted by Crippen LogP contribution is 2.37. The van der Waals surface area contributed by atoms with Crippen LogP contribution in [0.2, 0.25) is 10.0 Å². The van der Waals surface area contributed by atoms with E-state index in [2.05, 4.69) is 4.74 Å². The number of hydrogen-bond donors (Lipinski definition) is 1. The molecule has 0 bridgehead atoms. The molecule has 112 valence electrons. The van der Waals surface area contributed by atoms with Gasteiger partial charge >= 0.3 is 6.61 Å². The van der Waals surface area contributed by atoms with Crippen molar-refractivity contribution in [2.75, 3.05) is 5.73 Å². The van der Waals surface area contributed by atoms with E-state index in [9.17, 15) is 13.2 Å². The van der Waals surface area contributed by atoms with Crippen LogP contribution in [-0.4, -0.2) is 6.61 Å². The maximum Gasteiger partial charge on any atom is 0.387 e. The Bertz CT molecular complexity index is 668. The molecule has 2 N–H and O–H groups in total. The van der Waals surface area contributed by atoms with Gasteiger partial charge in [-0.05, 0) is 12.1 Å². The first-order valence-corrected chi connectivity index (χ1v) is 6.29. The Hall–Kier alpha value is -1.79. The van der Waals surface area contributed by atoms with Gasteiger partial charge in [-0.15, -0.1) is 0 Å². The molecule has 2 aromatic carbocycles. The third-order valence-corrected chi connectivity index (χ3v) is 2.94. The van der Waals surface area contributed by atoms with Crippen molar-refractivity contribution >= 4 is 28.9 Å². The van der Waals surface area contributed by atoms with Gasteiger partial charge in [0.05, 0.1) is 10.7 Å². The fourth-order valence-electron chi connectivity index (χ4n) is 1.50. The summed E-state index contributed by atoms with van der Waals surface area (Å²) in [6.07, 6.45) is 0. The number of hydrogen-bond acceptors (Lipinski definition) is 3. The van der Waals surface area contributed by atoms with Crippen molar-refractivity contribution < 1.29 is 22.6 Å². The van der Waals surface area contributed by atoms with E-state index in [1.165, 1.54) is 18.2 Å². The van der Waals surface area contributed by atoms with Gasteiger partial charge in [-0.3, -0.25) is 0 Å². The van der Waals surface area contributed by atoms with Crippen LogP contribution in [0.3, 0.4) is 0 Å². The predicted octanol–water partition coefficient (Wildman–Crippen LogP) is 5.11. The van der Waals surface area contributed by atoms with Crippen molar-refractivity contribution in [3.05, 3.63) is 46.2 Å². The zero-order valence-corrected chi connectivity index (χ0v) is 11.8. The van der Waals surface area contributed by atoms with Crippen molar-refractivity contribution in [3.8, 4) is 17.2 Å². The number of nitrogens with two attached hydrogens (primary N) is 1. The second-order valence-corrected chi connectivity index (χ2v) is 4.72. The van der Waals surface area contributed by atoms with Crippen LogP contribution in [-0.2, 0) is 0 Å². The van der Waals surface area contributed by atoms with E-state index in [1.807, 2.05) is 0 Å². The molecule has 0 aromatic heterocycles. The Morgan fingerprint density at radius 3 is 2.38 bits per heavy atom. The monoisotopic (exact) mass is 337 g/mol. The first kappa shape index (κ1) is 15.6. The summed E-state index contributed by atoms with van der Waals surface area (Å²) in [5, 5.41) is 0.568. The normalized spacial score (nSPS) is 10.8. The van der Waals surface area contributed by atoms with E-state index in [4.69, 9.17) is 33.7 Å². The lowest BCUT2D eigenvalue weighted by atomic mass is 10.2. The van der Waals surface area contributed by atoms with Gasteiger partial charge in [-0.25, -0.2) is 4.39 Å². The zero-order chi connectivity index (χ0) is 15.6.